The quantitative estimate of drug-likeness (QED) is 0.0109. The maximum atomic E-state index is 16.2. The Morgan fingerprint density at radius 2 is 1.33 bits per heavy atom. The van der Waals surface area contributed by atoms with E-state index in [0.29, 0.717) is 19.4 Å². The second-order valence-corrected chi connectivity index (χ2v) is 30.5. The maximum absolute atomic E-state index is 16.2. The molecule has 628 valence electrons. The van der Waals surface area contributed by atoms with Gasteiger partial charge in [0.1, 0.15) is 61.9 Å². The number of unbranched alkanes of at least 4 members (excludes halogenated alkanes) is 2. The van der Waals surface area contributed by atoms with Crippen LogP contribution in [0.1, 0.15) is 165 Å². The number of amides is 7. The molecule has 0 aromatic heterocycles. The highest BCUT2D eigenvalue weighted by atomic mass is 16.7. The third-order valence-electron chi connectivity index (χ3n) is 22.0. The van der Waals surface area contributed by atoms with Crippen LogP contribution in [0, 0.1) is 28.6 Å². The monoisotopic (exact) mass is 1610 g/mol. The lowest BCUT2D eigenvalue weighted by Gasteiger charge is -2.68. The van der Waals surface area contributed by atoms with Crippen molar-refractivity contribution in [2.75, 3.05) is 58.6 Å². The topological polar surface area (TPSA) is 450 Å². The molecule has 7 amide bonds. The van der Waals surface area contributed by atoms with Gasteiger partial charge in [-0.3, -0.25) is 52.7 Å². The molecule has 4 aromatic rings. The maximum Gasteiger partial charge on any atom is 0.509 e. The van der Waals surface area contributed by atoms with E-state index in [0.717, 1.165) is 19.8 Å². The van der Waals surface area contributed by atoms with E-state index in [9.17, 15) is 62.6 Å². The number of carbonyl (C=O) groups is 14. The molecule has 0 radical (unpaired) electrons. The molecule has 32 nitrogen and oxygen atoms in total. The number of aliphatic hydroxyl groups is 1. The highest BCUT2D eigenvalue weighted by molar-refractivity contribution is 6.01. The van der Waals surface area contributed by atoms with Crippen LogP contribution in [0.4, 0.5) is 10.5 Å². The number of nitrogens with one attached hydrogen (secondary N) is 6. The van der Waals surface area contributed by atoms with Gasteiger partial charge in [0.25, 0.3) is 5.91 Å². The van der Waals surface area contributed by atoms with Gasteiger partial charge in [-0.25, -0.2) is 14.4 Å². The summed E-state index contributed by atoms with van der Waals surface area (Å²) in [6.07, 6.45) is -8.73. The smallest absolute Gasteiger partial charge is 0.455 e. The van der Waals surface area contributed by atoms with Gasteiger partial charge in [0, 0.05) is 74.9 Å². The Kier molecular flexibility index (Phi) is 32.2. The van der Waals surface area contributed by atoms with Gasteiger partial charge >= 0.3 is 30.0 Å². The number of hydrogen-bond acceptors (Lipinski definition) is 25. The van der Waals surface area contributed by atoms with E-state index in [1.54, 1.807) is 82.3 Å². The van der Waals surface area contributed by atoms with Crippen molar-refractivity contribution >= 4 is 88.6 Å². The van der Waals surface area contributed by atoms with Gasteiger partial charge in [0.05, 0.1) is 43.8 Å². The van der Waals surface area contributed by atoms with Gasteiger partial charge in [-0.05, 0) is 111 Å². The highest BCUT2D eigenvalue weighted by Crippen LogP contribution is 2.66. The van der Waals surface area contributed by atoms with Crippen LogP contribution in [-0.4, -0.2) is 201 Å². The predicted octanol–water partition coefficient (Wildman–Crippen LogP) is 6.02. The normalized spacial score (nSPS) is 23.2. The summed E-state index contributed by atoms with van der Waals surface area (Å²) >= 11 is 0. The van der Waals surface area contributed by atoms with Crippen LogP contribution in [-0.2, 0) is 107 Å². The molecule has 4 aromatic carbocycles. The largest absolute Gasteiger partial charge is 0.509 e. The van der Waals surface area contributed by atoms with Crippen molar-refractivity contribution < 1.29 is 120 Å². The van der Waals surface area contributed by atoms with Crippen molar-refractivity contribution in [2.45, 2.75) is 200 Å². The van der Waals surface area contributed by atoms with Crippen LogP contribution in [0.5, 0.6) is 0 Å². The lowest BCUT2D eigenvalue weighted by atomic mass is 9.43. The minimum Gasteiger partial charge on any atom is -0.455 e. The Morgan fingerprint density at radius 3 is 1.94 bits per heavy atom. The summed E-state index contributed by atoms with van der Waals surface area (Å²) in [4.78, 5) is 195. The molecule has 8 rings (SSSR count). The van der Waals surface area contributed by atoms with E-state index in [1.165, 1.54) is 95.5 Å². The number of methoxy groups -OCH3 is 1. The van der Waals surface area contributed by atoms with Gasteiger partial charge in [-0.15, -0.1) is 0 Å². The fourth-order valence-corrected chi connectivity index (χ4v) is 15.5. The Morgan fingerprint density at radius 1 is 0.690 bits per heavy atom. The number of hydrogen-bond donors (Lipinski definition) is 8. The fraction of sp³-hybridized carbons (Fsp3) is 0.524. The van der Waals surface area contributed by atoms with E-state index in [1.807, 2.05) is 6.92 Å². The molecule has 3 fully saturated rings. The van der Waals surface area contributed by atoms with Crippen molar-refractivity contribution in [3.63, 3.8) is 0 Å². The number of esters is 4. The first-order valence-electron chi connectivity index (χ1n) is 38.8. The van der Waals surface area contributed by atoms with Crippen LogP contribution < -0.4 is 37.6 Å². The molecular formula is C84H107N7O25. The number of benzene rings is 4. The van der Waals surface area contributed by atoms with Crippen LogP contribution in [0.25, 0.3) is 0 Å². The van der Waals surface area contributed by atoms with Gasteiger partial charge in [0.2, 0.25) is 41.5 Å². The standard InChI is InChI=1S/C84H107N7O25/c1-12-13-37-108-45-65(96)86-36-24-23-31-59(89-66(97)46-109-39-38-107-11)61(94)40-48(2)74(99)87-51(5)75(100)90-60(42-64(85)95)77(102)88-58-34-32-54(33-35-58)44-110-80(105)114-70(68(55-25-17-14-18-26-55)91-76(101)56-27-19-15-20-28-56)79(104)113-62-43-84(106)73(115-78(103)57-29-21-16-22-30-57)71-82(10,49(3)41-63-83(71,47-111-63)116-53(7)93)72(98)69(112-52(6)92)67(50(62)4)81(84,8)9/h14-22,25-30,32-35,48-49,51,59-60,62-63,68-71,73,106H,12-13,23-24,31,36-47H2,1-11H3,(H2,85,95)(H,86,96)(H,87,99)(H,88,102)(H,89,97)(H,90,100)(H,91,101)/t48-,49-,51+,59-,60+,62?,63?,68-,69+,70?,71-,73-,82+,83-,84+/m0/s1. The molecule has 32 heteroatoms. The van der Waals surface area contributed by atoms with Crippen LogP contribution >= 0.6 is 0 Å². The first kappa shape index (κ1) is 90.7. The van der Waals surface area contributed by atoms with Crippen LogP contribution in [0.15, 0.2) is 126 Å². The zero-order valence-corrected chi connectivity index (χ0v) is 67.2. The minimum atomic E-state index is -2.49. The van der Waals surface area contributed by atoms with Gasteiger partial charge < -0.3 is 90.1 Å². The van der Waals surface area contributed by atoms with E-state index in [4.69, 9.17) is 53.1 Å². The average molecular weight is 1610 g/mol. The Labute approximate surface area is 673 Å². The summed E-state index contributed by atoms with van der Waals surface area (Å²) < 4.78 is 58.8. The first-order chi connectivity index (χ1) is 55.1. The van der Waals surface area contributed by atoms with E-state index in [2.05, 4.69) is 31.9 Å². The molecule has 116 heavy (non-hydrogen) atoms. The lowest BCUT2D eigenvalue weighted by molar-refractivity contribution is -0.340. The highest BCUT2D eigenvalue weighted by Gasteiger charge is 2.78. The number of ketones is 2. The predicted molar refractivity (Wildman–Crippen MR) is 414 cm³/mol. The van der Waals surface area contributed by atoms with Crippen molar-refractivity contribution in [2.24, 2.45) is 34.3 Å². The van der Waals surface area contributed by atoms with Gasteiger partial charge in [-0.2, -0.15) is 0 Å². The number of Topliss-reactive ketones (excluding diaryl/α,β-unsaturated/α-hetero) is 2. The number of nitrogens with two attached hydrogens (primary N) is 1. The summed E-state index contributed by atoms with van der Waals surface area (Å²) in [7, 11) is 1.47. The van der Waals surface area contributed by atoms with Crippen molar-refractivity contribution in [3.05, 3.63) is 149 Å². The summed E-state index contributed by atoms with van der Waals surface area (Å²) in [5.74, 6) is -13.6. The summed E-state index contributed by atoms with van der Waals surface area (Å²) in [5.41, 5.74) is -1.42. The molecule has 1 heterocycles. The summed E-state index contributed by atoms with van der Waals surface area (Å²) in [5, 5.41) is 30.0. The van der Waals surface area contributed by atoms with E-state index >= 15 is 9.59 Å². The average Bonchev–Trinajstić information content (AvgIpc) is 0.668. The number of primary amides is 1. The third kappa shape index (κ3) is 22.4. The number of ether oxygens (including phenoxy) is 10. The van der Waals surface area contributed by atoms with Gasteiger partial charge in [0.15, 0.2) is 23.3 Å². The molecule has 2 saturated carbocycles. The molecule has 0 spiro atoms. The molecule has 15 atom stereocenters. The second kappa shape index (κ2) is 41.2. The number of fused-ring (bicyclic) bond motifs is 5. The molecular weight excluding hydrogens is 1510 g/mol. The molecule has 4 aliphatic rings. The molecule has 3 unspecified atom stereocenters. The number of anilines is 1. The first-order valence-corrected chi connectivity index (χ1v) is 38.8. The third-order valence-corrected chi connectivity index (χ3v) is 22.0. The van der Waals surface area contributed by atoms with Crippen LogP contribution in [0.2, 0.25) is 0 Å². The van der Waals surface area contributed by atoms with E-state index in [-0.39, 0.29) is 104 Å². The molecule has 1 aliphatic heterocycles. The Hall–Kier alpha value is -10.8. The zero-order chi connectivity index (χ0) is 84.8. The summed E-state index contributed by atoms with van der Waals surface area (Å²) in [6, 6.07) is 23.6. The van der Waals surface area contributed by atoms with Gasteiger partial charge in [-0.1, -0.05) is 127 Å². The Bertz CT molecular complexity index is 4220. The fourth-order valence-electron chi connectivity index (χ4n) is 15.5. The molecule has 3 aliphatic carbocycles. The Balaban J connectivity index is 0.997. The lowest BCUT2D eigenvalue weighted by Crippen LogP contribution is -2.80. The zero-order valence-electron chi connectivity index (χ0n) is 67.2. The van der Waals surface area contributed by atoms with Crippen molar-refractivity contribution in [1.82, 2.24) is 26.6 Å². The molecule has 1 saturated heterocycles. The molecule has 2 bridgehead atoms. The minimum absolute atomic E-state index is 0.0278. The van der Waals surface area contributed by atoms with Crippen molar-refractivity contribution in [3.8, 4) is 0 Å². The second-order valence-electron chi connectivity index (χ2n) is 30.5. The summed E-state index contributed by atoms with van der Waals surface area (Å²) in [6.45, 7) is 14.7. The van der Waals surface area contributed by atoms with E-state index < -0.39 is 191 Å². The van der Waals surface area contributed by atoms with Crippen molar-refractivity contribution in [1.29, 1.82) is 0 Å². The number of rotatable bonds is 40. The van der Waals surface area contributed by atoms with Crippen LogP contribution in [0.3, 0.4) is 0 Å². The SMILES string of the molecule is CCCCOCC(=O)NCCCC[C@H](NC(=O)COCCOC)C(=O)C[C@H](C)C(=O)N[C@H](C)C(=O)N[C@H](CC(N)=O)C(=O)Nc1ccc(COC(=O)OC(C(=O)OC2C[C@@]3(O)[C@@H](OC(=O)c4ccccc4)[C@H]4[C@](C)(C(=O)[C@H](OC(C)=O)C(=C2C)C3(C)C)[C@@H](C)CC2OC[C@]24OC(C)=O)[C@@H](NC(=O)c2ccccc2)c2ccccc2)cc1. The molecule has 9 N–H and O–H groups in total. The number of carbonyl (C=O) groups excluding carboxylic acids is 14.